The Morgan fingerprint density at radius 2 is 2.22 bits per heavy atom. The molecule has 1 aromatic rings. The topological polar surface area (TPSA) is 80.5 Å². The van der Waals surface area contributed by atoms with Crippen molar-refractivity contribution in [2.75, 3.05) is 6.54 Å². The van der Waals surface area contributed by atoms with Crippen LogP contribution < -0.4 is 5.73 Å². The Morgan fingerprint density at radius 1 is 1.44 bits per heavy atom. The van der Waals surface area contributed by atoms with E-state index in [1.165, 1.54) is 11.3 Å². The van der Waals surface area contributed by atoms with Gasteiger partial charge >= 0.3 is 0 Å². The lowest BCUT2D eigenvalue weighted by Crippen LogP contribution is -2.31. The maximum Gasteiger partial charge on any atom is 0.293 e. The summed E-state index contributed by atoms with van der Waals surface area (Å²) in [6.07, 6.45) is 1.67. The van der Waals surface area contributed by atoms with Crippen LogP contribution in [-0.4, -0.2) is 28.5 Å². The van der Waals surface area contributed by atoms with Crippen LogP contribution in [0.2, 0.25) is 0 Å². The van der Waals surface area contributed by atoms with Gasteiger partial charge in [-0.2, -0.15) is 0 Å². The van der Waals surface area contributed by atoms with E-state index < -0.39 is 5.91 Å². The molecule has 0 radical (unpaired) electrons. The molecule has 2 N–H and O–H groups in total. The summed E-state index contributed by atoms with van der Waals surface area (Å²) < 4.78 is 0. The van der Waals surface area contributed by atoms with E-state index in [4.69, 9.17) is 5.73 Å². The minimum atomic E-state index is -0.531. The monoisotopic (exact) mass is 282 g/mol. The first-order valence-electron chi connectivity index (χ1n) is 5.15. The molecule has 0 aromatic carbocycles. The molecule has 5 nitrogen and oxygen atoms in total. The van der Waals surface area contributed by atoms with Crippen LogP contribution in [0, 0.1) is 0 Å². The Labute approximate surface area is 112 Å². The molecule has 0 saturated carbocycles. The number of hydrogen-bond donors (Lipinski definition) is 1. The van der Waals surface area contributed by atoms with E-state index in [1.807, 2.05) is 17.5 Å². The van der Waals surface area contributed by atoms with Crippen LogP contribution >= 0.6 is 23.1 Å². The lowest BCUT2D eigenvalue weighted by Gasteiger charge is -2.10. The molecule has 1 fully saturated rings. The van der Waals surface area contributed by atoms with E-state index in [0.717, 1.165) is 21.5 Å². The molecule has 3 amide bonds. The summed E-state index contributed by atoms with van der Waals surface area (Å²) in [4.78, 5) is 36.5. The van der Waals surface area contributed by atoms with Crippen LogP contribution in [0.4, 0.5) is 4.79 Å². The SMILES string of the molecule is NC(=O)CCN1C(=O)S/C(=C/c2cccs2)C1=O. The quantitative estimate of drug-likeness (QED) is 0.852. The number of nitrogens with two attached hydrogens (primary N) is 1. The van der Waals surface area contributed by atoms with E-state index in [2.05, 4.69) is 0 Å². The highest BCUT2D eigenvalue weighted by Gasteiger charge is 2.34. The average Bonchev–Trinajstić information content (AvgIpc) is 2.88. The molecule has 7 heteroatoms. The molecule has 0 bridgehead atoms. The van der Waals surface area contributed by atoms with Gasteiger partial charge in [0.1, 0.15) is 0 Å². The first kappa shape index (κ1) is 12.8. The molecule has 2 heterocycles. The van der Waals surface area contributed by atoms with Crippen LogP contribution in [-0.2, 0) is 9.59 Å². The third-order valence-corrected chi connectivity index (χ3v) is 4.00. The van der Waals surface area contributed by atoms with Crippen molar-refractivity contribution in [1.82, 2.24) is 4.90 Å². The number of rotatable bonds is 4. The summed E-state index contributed by atoms with van der Waals surface area (Å²) in [6.45, 7) is 0.0434. The van der Waals surface area contributed by atoms with Crippen molar-refractivity contribution in [1.29, 1.82) is 0 Å². The van der Waals surface area contributed by atoms with Gasteiger partial charge in [0.05, 0.1) is 4.91 Å². The van der Waals surface area contributed by atoms with Crippen molar-refractivity contribution in [3.05, 3.63) is 27.3 Å². The van der Waals surface area contributed by atoms with Crippen LogP contribution in [0.1, 0.15) is 11.3 Å². The number of carbonyl (C=O) groups excluding carboxylic acids is 3. The number of amides is 3. The van der Waals surface area contributed by atoms with Crippen LogP contribution in [0.15, 0.2) is 22.4 Å². The van der Waals surface area contributed by atoms with Gasteiger partial charge in [0.25, 0.3) is 11.1 Å². The number of carbonyl (C=O) groups is 3. The number of primary amides is 1. The molecule has 18 heavy (non-hydrogen) atoms. The number of nitrogens with zero attached hydrogens (tertiary/aromatic N) is 1. The third kappa shape index (κ3) is 2.80. The maximum absolute atomic E-state index is 11.9. The number of thiophene rings is 1. The predicted molar refractivity (Wildman–Crippen MR) is 70.8 cm³/mol. The fourth-order valence-corrected chi connectivity index (χ4v) is 3.01. The van der Waals surface area contributed by atoms with Gasteiger partial charge in [-0.3, -0.25) is 19.3 Å². The first-order chi connectivity index (χ1) is 8.58. The molecule has 0 atom stereocenters. The lowest BCUT2D eigenvalue weighted by molar-refractivity contribution is -0.123. The Kier molecular flexibility index (Phi) is 3.83. The van der Waals surface area contributed by atoms with E-state index in [9.17, 15) is 14.4 Å². The standard InChI is InChI=1S/C11H10N2O3S2/c12-9(14)3-4-13-10(15)8(18-11(13)16)6-7-2-1-5-17-7/h1-2,5-6H,3-4H2,(H2,12,14)/b8-6+. The van der Waals surface area contributed by atoms with Gasteiger partial charge < -0.3 is 5.73 Å². The molecule has 94 valence electrons. The maximum atomic E-state index is 11.9. The van der Waals surface area contributed by atoms with Crippen molar-refractivity contribution in [3.8, 4) is 0 Å². The Bertz CT molecular complexity index is 522. The molecule has 1 aliphatic rings. The zero-order chi connectivity index (χ0) is 13.1. The van der Waals surface area contributed by atoms with Gasteiger partial charge in [-0.05, 0) is 29.3 Å². The van der Waals surface area contributed by atoms with Gasteiger partial charge in [-0.15, -0.1) is 11.3 Å². The van der Waals surface area contributed by atoms with Crippen LogP contribution in [0.5, 0.6) is 0 Å². The van der Waals surface area contributed by atoms with Gasteiger partial charge in [0, 0.05) is 17.8 Å². The second-order valence-corrected chi connectivity index (χ2v) is 5.54. The van der Waals surface area contributed by atoms with E-state index >= 15 is 0 Å². The Hall–Kier alpha value is -1.60. The highest BCUT2D eigenvalue weighted by molar-refractivity contribution is 8.18. The summed E-state index contributed by atoms with van der Waals surface area (Å²) in [5.41, 5.74) is 5.00. The van der Waals surface area contributed by atoms with Gasteiger partial charge in [-0.1, -0.05) is 6.07 Å². The van der Waals surface area contributed by atoms with Crippen LogP contribution in [0.25, 0.3) is 6.08 Å². The minimum Gasteiger partial charge on any atom is -0.370 e. The summed E-state index contributed by atoms with van der Waals surface area (Å²) in [5, 5.41) is 1.53. The predicted octanol–water partition coefficient (Wildman–Crippen LogP) is 1.66. The fourth-order valence-electron chi connectivity index (χ4n) is 1.42. The van der Waals surface area contributed by atoms with Crippen LogP contribution in [0.3, 0.4) is 0 Å². The highest BCUT2D eigenvalue weighted by atomic mass is 32.2. The molecule has 1 aliphatic heterocycles. The summed E-state index contributed by atoms with van der Waals surface area (Å²) in [5.74, 6) is -0.893. The summed E-state index contributed by atoms with van der Waals surface area (Å²) in [6, 6.07) is 3.73. The number of thioether (sulfide) groups is 1. The largest absolute Gasteiger partial charge is 0.370 e. The average molecular weight is 282 g/mol. The van der Waals surface area contributed by atoms with Gasteiger partial charge in [0.15, 0.2) is 0 Å². The Morgan fingerprint density at radius 3 is 2.83 bits per heavy atom. The zero-order valence-electron chi connectivity index (χ0n) is 9.29. The zero-order valence-corrected chi connectivity index (χ0v) is 10.9. The summed E-state index contributed by atoms with van der Waals surface area (Å²) >= 11 is 2.37. The lowest BCUT2D eigenvalue weighted by atomic mass is 10.3. The normalized spacial score (nSPS) is 17.8. The minimum absolute atomic E-state index is 0.00960. The van der Waals surface area contributed by atoms with Crippen molar-refractivity contribution in [3.63, 3.8) is 0 Å². The van der Waals surface area contributed by atoms with Crippen molar-refractivity contribution in [2.24, 2.45) is 5.73 Å². The molecule has 2 rings (SSSR count). The second kappa shape index (κ2) is 5.36. The molecule has 1 saturated heterocycles. The Balaban J connectivity index is 2.11. The summed E-state index contributed by atoms with van der Waals surface area (Å²) in [7, 11) is 0. The molecule has 0 unspecified atom stereocenters. The van der Waals surface area contributed by atoms with Crippen molar-refractivity contribution >= 4 is 46.2 Å². The molecule has 0 spiro atoms. The number of hydrogen-bond acceptors (Lipinski definition) is 5. The van der Waals surface area contributed by atoms with E-state index in [-0.39, 0.29) is 24.1 Å². The van der Waals surface area contributed by atoms with E-state index in [1.54, 1.807) is 6.08 Å². The molecule has 1 aromatic heterocycles. The second-order valence-electron chi connectivity index (χ2n) is 3.57. The first-order valence-corrected chi connectivity index (χ1v) is 6.84. The van der Waals surface area contributed by atoms with Gasteiger partial charge in [-0.25, -0.2) is 0 Å². The molecular formula is C11H10N2O3S2. The molecular weight excluding hydrogens is 272 g/mol. The third-order valence-electron chi connectivity index (χ3n) is 2.27. The number of imide groups is 1. The van der Waals surface area contributed by atoms with Gasteiger partial charge in [0.2, 0.25) is 5.91 Å². The van der Waals surface area contributed by atoms with Crippen molar-refractivity contribution in [2.45, 2.75) is 6.42 Å². The van der Waals surface area contributed by atoms with Crippen molar-refractivity contribution < 1.29 is 14.4 Å². The highest BCUT2D eigenvalue weighted by Crippen LogP contribution is 2.32. The fraction of sp³-hybridized carbons (Fsp3) is 0.182. The molecule has 0 aliphatic carbocycles. The van der Waals surface area contributed by atoms with E-state index in [0.29, 0.717) is 4.91 Å². The smallest absolute Gasteiger partial charge is 0.293 e.